The van der Waals surface area contributed by atoms with Crippen LogP contribution >= 0.6 is 22.7 Å². The first-order chi connectivity index (χ1) is 28.2. The highest BCUT2D eigenvalue weighted by atomic mass is 32.1. The van der Waals surface area contributed by atoms with Gasteiger partial charge in [-0.2, -0.15) is 0 Å². The van der Waals surface area contributed by atoms with Crippen LogP contribution in [0.3, 0.4) is 0 Å². The summed E-state index contributed by atoms with van der Waals surface area (Å²) in [5.41, 5.74) is 8.99. The van der Waals surface area contributed by atoms with Crippen LogP contribution in [0.25, 0.3) is 113 Å². The predicted octanol–water partition coefficient (Wildman–Crippen LogP) is 14.4. The molecule has 0 spiro atoms. The molecule has 12 aromatic rings. The quantitative estimate of drug-likeness (QED) is 0.175. The second-order valence-corrected chi connectivity index (χ2v) is 16.5. The molecule has 4 heterocycles. The Balaban J connectivity index is 1.02. The lowest BCUT2D eigenvalue weighted by Gasteiger charge is -2.10. The number of nitrogens with zero attached hydrogens (tertiary/aromatic N) is 4. The molecule has 8 aromatic carbocycles. The van der Waals surface area contributed by atoms with Crippen LogP contribution in [0.15, 0.2) is 182 Å². The van der Waals surface area contributed by atoms with Gasteiger partial charge in [0.15, 0.2) is 17.5 Å². The van der Waals surface area contributed by atoms with Crippen molar-refractivity contribution in [3.8, 4) is 51.0 Å². The third-order valence-corrected chi connectivity index (χ3v) is 13.3. The summed E-state index contributed by atoms with van der Waals surface area (Å²) in [4.78, 5) is 15.1. The summed E-state index contributed by atoms with van der Waals surface area (Å²) in [6.07, 6.45) is 0. The number of para-hydroxylation sites is 2. The van der Waals surface area contributed by atoms with Gasteiger partial charge in [0.1, 0.15) is 0 Å². The first kappa shape index (κ1) is 32.3. The molecular formula is C51H30N4S2. The number of hydrogen-bond donors (Lipinski definition) is 0. The number of hydrogen-bond acceptors (Lipinski definition) is 5. The maximum Gasteiger partial charge on any atom is 0.164 e. The van der Waals surface area contributed by atoms with Crippen LogP contribution in [0.1, 0.15) is 0 Å². The Labute approximate surface area is 335 Å². The van der Waals surface area contributed by atoms with Crippen LogP contribution in [0.5, 0.6) is 0 Å². The predicted molar refractivity (Wildman–Crippen MR) is 242 cm³/mol. The molecule has 0 amide bonds. The fourth-order valence-electron chi connectivity index (χ4n) is 8.50. The molecule has 12 rings (SSSR count). The van der Waals surface area contributed by atoms with E-state index in [2.05, 4.69) is 150 Å². The van der Waals surface area contributed by atoms with E-state index >= 15 is 0 Å². The molecule has 0 N–H and O–H groups in total. The van der Waals surface area contributed by atoms with Crippen molar-refractivity contribution in [2.45, 2.75) is 0 Å². The van der Waals surface area contributed by atoms with E-state index in [1.165, 1.54) is 79.0 Å². The van der Waals surface area contributed by atoms with Gasteiger partial charge in [-0.05, 0) is 59.7 Å². The van der Waals surface area contributed by atoms with Crippen molar-refractivity contribution >= 4 is 84.8 Å². The highest BCUT2D eigenvalue weighted by molar-refractivity contribution is 7.26. The van der Waals surface area contributed by atoms with E-state index < -0.39 is 0 Å². The molecule has 0 bridgehead atoms. The summed E-state index contributed by atoms with van der Waals surface area (Å²) in [7, 11) is 0. The van der Waals surface area contributed by atoms with Crippen molar-refractivity contribution in [1.29, 1.82) is 0 Å². The van der Waals surface area contributed by atoms with E-state index in [0.29, 0.717) is 17.5 Å². The Morgan fingerprint density at radius 3 is 1.56 bits per heavy atom. The van der Waals surface area contributed by atoms with Crippen LogP contribution in [0.4, 0.5) is 0 Å². The second-order valence-electron chi connectivity index (χ2n) is 14.4. The third-order valence-electron chi connectivity index (χ3n) is 11.1. The Bertz CT molecular complexity index is 3410. The Kier molecular flexibility index (Phi) is 7.24. The van der Waals surface area contributed by atoms with Crippen LogP contribution in [0.2, 0.25) is 0 Å². The molecule has 0 saturated carbocycles. The van der Waals surface area contributed by atoms with Gasteiger partial charge in [0.25, 0.3) is 0 Å². The maximum atomic E-state index is 5.10. The minimum Gasteiger partial charge on any atom is -0.309 e. The monoisotopic (exact) mass is 762 g/mol. The van der Waals surface area contributed by atoms with Crippen LogP contribution in [-0.2, 0) is 0 Å². The van der Waals surface area contributed by atoms with Gasteiger partial charge in [-0.3, -0.25) is 0 Å². The summed E-state index contributed by atoms with van der Waals surface area (Å²) < 4.78 is 7.43. The Morgan fingerprint density at radius 1 is 0.333 bits per heavy atom. The number of rotatable bonds is 5. The van der Waals surface area contributed by atoms with Crippen molar-refractivity contribution in [1.82, 2.24) is 19.5 Å². The summed E-state index contributed by atoms with van der Waals surface area (Å²) in [5, 5.41) is 7.49. The Hall–Kier alpha value is -6.99. The Morgan fingerprint density at radius 2 is 0.895 bits per heavy atom. The molecule has 0 aliphatic carbocycles. The average molecular weight is 763 g/mol. The number of aromatic nitrogens is 4. The van der Waals surface area contributed by atoms with E-state index in [9.17, 15) is 0 Å². The first-order valence-electron chi connectivity index (χ1n) is 19.0. The van der Waals surface area contributed by atoms with Crippen molar-refractivity contribution in [2.75, 3.05) is 0 Å². The molecule has 0 atom stereocenters. The molecule has 0 radical (unpaired) electrons. The van der Waals surface area contributed by atoms with E-state index in [1.807, 2.05) is 59.1 Å². The summed E-state index contributed by atoms with van der Waals surface area (Å²) in [5.74, 6) is 2.00. The van der Waals surface area contributed by atoms with Crippen molar-refractivity contribution in [3.05, 3.63) is 182 Å². The largest absolute Gasteiger partial charge is 0.309 e. The fraction of sp³-hybridized carbons (Fsp3) is 0. The van der Waals surface area contributed by atoms with E-state index in [-0.39, 0.29) is 0 Å². The van der Waals surface area contributed by atoms with Crippen LogP contribution in [-0.4, -0.2) is 19.5 Å². The highest BCUT2D eigenvalue weighted by Crippen LogP contribution is 2.45. The van der Waals surface area contributed by atoms with Gasteiger partial charge in [-0.25, -0.2) is 15.0 Å². The van der Waals surface area contributed by atoms with Gasteiger partial charge >= 0.3 is 0 Å². The molecule has 0 unspecified atom stereocenters. The molecule has 6 heteroatoms. The minimum atomic E-state index is 0.663. The van der Waals surface area contributed by atoms with Crippen LogP contribution < -0.4 is 0 Å². The third kappa shape index (κ3) is 5.15. The summed E-state index contributed by atoms with van der Waals surface area (Å²) in [6.45, 7) is 0. The van der Waals surface area contributed by atoms with Gasteiger partial charge in [-0.15, -0.1) is 22.7 Å². The lowest BCUT2D eigenvalue weighted by Crippen LogP contribution is -2.00. The normalized spacial score (nSPS) is 11.9. The van der Waals surface area contributed by atoms with E-state index in [1.54, 1.807) is 0 Å². The van der Waals surface area contributed by atoms with E-state index in [4.69, 9.17) is 15.0 Å². The standard InChI is InChI=1S/C51H30N4S2/c1-3-13-31(14-4-1)49-52-50(32-15-5-2-6-16-32)54-51(53-49)39-20-12-24-45-48(39)38-27-25-33(29-46(38)57-45)35-19-11-23-44-47(35)40-30-34(26-28-43(40)56-44)55-41-21-9-7-17-36(41)37-18-8-10-22-42(37)55/h1-30H. The van der Waals surface area contributed by atoms with Gasteiger partial charge in [-0.1, -0.05) is 133 Å². The van der Waals surface area contributed by atoms with Crippen LogP contribution in [0, 0.1) is 0 Å². The fourth-order valence-corrected chi connectivity index (χ4v) is 10.8. The van der Waals surface area contributed by atoms with Crippen molar-refractivity contribution in [3.63, 3.8) is 0 Å². The molecule has 0 fully saturated rings. The number of thiophene rings is 2. The first-order valence-corrected chi connectivity index (χ1v) is 20.7. The number of benzene rings is 8. The van der Waals surface area contributed by atoms with Gasteiger partial charge in [0.05, 0.1) is 11.0 Å². The molecular weight excluding hydrogens is 733 g/mol. The maximum absolute atomic E-state index is 5.10. The lowest BCUT2D eigenvalue weighted by atomic mass is 9.97. The molecule has 4 aromatic heterocycles. The minimum absolute atomic E-state index is 0.663. The SMILES string of the molecule is c1ccc(-c2nc(-c3ccccc3)nc(-c3cccc4sc5cc(-c6cccc7sc8ccc(-n9c%10ccccc%10c%10ccccc%109)cc8c67)ccc5c34)n2)cc1. The van der Waals surface area contributed by atoms with Gasteiger partial charge in [0, 0.05) is 73.5 Å². The molecule has 0 aliphatic heterocycles. The average Bonchev–Trinajstić information content (AvgIpc) is 3.96. The number of fused-ring (bicyclic) bond motifs is 9. The van der Waals surface area contributed by atoms with Gasteiger partial charge < -0.3 is 4.57 Å². The zero-order chi connectivity index (χ0) is 37.5. The molecule has 0 saturated heterocycles. The smallest absolute Gasteiger partial charge is 0.164 e. The second kappa shape index (κ2) is 12.8. The zero-order valence-electron chi connectivity index (χ0n) is 30.4. The van der Waals surface area contributed by atoms with E-state index in [0.717, 1.165) is 16.7 Å². The summed E-state index contributed by atoms with van der Waals surface area (Å²) in [6, 6.07) is 64.9. The highest BCUT2D eigenvalue weighted by Gasteiger charge is 2.19. The van der Waals surface area contributed by atoms with Gasteiger partial charge in [0.2, 0.25) is 0 Å². The topological polar surface area (TPSA) is 43.6 Å². The molecule has 0 aliphatic rings. The molecule has 57 heavy (non-hydrogen) atoms. The molecule has 4 nitrogen and oxygen atoms in total. The summed E-state index contributed by atoms with van der Waals surface area (Å²) >= 11 is 3.69. The van der Waals surface area contributed by atoms with Crippen molar-refractivity contribution < 1.29 is 0 Å². The lowest BCUT2D eigenvalue weighted by molar-refractivity contribution is 1.08. The van der Waals surface area contributed by atoms with Crippen molar-refractivity contribution in [2.24, 2.45) is 0 Å². The zero-order valence-corrected chi connectivity index (χ0v) is 32.1. The molecule has 266 valence electrons.